The number of hydrogen-bond donors (Lipinski definition) is 0. The topological polar surface area (TPSA) is 58.9 Å². The van der Waals surface area contributed by atoms with Crippen LogP contribution >= 0.6 is 0 Å². The van der Waals surface area contributed by atoms with Crippen LogP contribution in [0.4, 0.5) is 0 Å². The van der Waals surface area contributed by atoms with E-state index in [1.165, 1.54) is 0 Å². The van der Waals surface area contributed by atoms with Crippen molar-refractivity contribution in [3.05, 3.63) is 0 Å². The molecule has 0 aromatic carbocycles. The highest BCUT2D eigenvalue weighted by Gasteiger charge is 2.26. The molecule has 94 valence electrons. The average Bonchev–Trinajstić information content (AvgIpc) is 2.36. The second-order valence-electron chi connectivity index (χ2n) is 4.72. The van der Waals surface area contributed by atoms with E-state index in [1.807, 2.05) is 0 Å². The molecule has 1 atom stereocenters. The number of rotatable bonds is 6. The molecule has 17 heavy (non-hydrogen) atoms. The van der Waals surface area contributed by atoms with Crippen LogP contribution in [-0.4, -0.2) is 24.2 Å². The van der Waals surface area contributed by atoms with Crippen molar-refractivity contribution >= 4 is 12.2 Å². The molecule has 0 aromatic rings. The van der Waals surface area contributed by atoms with Gasteiger partial charge in [0.05, 0.1) is 12.1 Å². The molecule has 1 rings (SSSR count). The fourth-order valence-electron chi connectivity index (χ4n) is 2.58. The molecule has 1 aliphatic rings. The zero-order valence-electron chi connectivity index (χ0n) is 10.4. The predicted molar refractivity (Wildman–Crippen MR) is 65.3 cm³/mol. The van der Waals surface area contributed by atoms with Crippen LogP contribution in [-0.2, 0) is 9.59 Å². The molecule has 0 spiro atoms. The first kappa shape index (κ1) is 13.8. The third-order valence-corrected chi connectivity index (χ3v) is 3.59. The standard InChI is InChI=1S/C13H20N2O2/c1-2-3-4-13(15-10-17)11-5-7-12(8-6-11)14-9-16/h11-13H,2-8H2,1H3. The van der Waals surface area contributed by atoms with Crippen LogP contribution in [0, 0.1) is 5.92 Å². The lowest BCUT2D eigenvalue weighted by Crippen LogP contribution is -2.26. The molecule has 1 aliphatic carbocycles. The maximum absolute atomic E-state index is 10.4. The summed E-state index contributed by atoms with van der Waals surface area (Å²) in [5.74, 6) is 0.459. The van der Waals surface area contributed by atoms with Gasteiger partial charge in [-0.2, -0.15) is 0 Å². The third kappa shape index (κ3) is 4.64. The van der Waals surface area contributed by atoms with Gasteiger partial charge in [-0.15, -0.1) is 0 Å². The van der Waals surface area contributed by atoms with Gasteiger partial charge in [0, 0.05) is 0 Å². The monoisotopic (exact) mass is 236 g/mol. The van der Waals surface area contributed by atoms with Crippen molar-refractivity contribution in [3.8, 4) is 0 Å². The van der Waals surface area contributed by atoms with Crippen molar-refractivity contribution < 1.29 is 9.59 Å². The van der Waals surface area contributed by atoms with E-state index in [1.54, 1.807) is 12.2 Å². The molecule has 0 radical (unpaired) electrons. The Labute approximate surface area is 102 Å². The van der Waals surface area contributed by atoms with Gasteiger partial charge < -0.3 is 0 Å². The smallest absolute Gasteiger partial charge is 0.211 e. The second kappa shape index (κ2) is 7.94. The number of isocyanates is 2. The Kier molecular flexibility index (Phi) is 6.46. The summed E-state index contributed by atoms with van der Waals surface area (Å²) < 4.78 is 0. The Balaban J connectivity index is 2.48. The highest BCUT2D eigenvalue weighted by molar-refractivity contribution is 5.34. The predicted octanol–water partition coefficient (Wildman–Crippen LogP) is 2.78. The summed E-state index contributed by atoms with van der Waals surface area (Å²) in [6, 6.07) is 0.254. The van der Waals surface area contributed by atoms with E-state index >= 15 is 0 Å². The fourth-order valence-corrected chi connectivity index (χ4v) is 2.58. The molecule has 0 amide bonds. The van der Waals surface area contributed by atoms with E-state index in [-0.39, 0.29) is 12.1 Å². The van der Waals surface area contributed by atoms with Crippen LogP contribution in [0.1, 0.15) is 51.9 Å². The first-order chi connectivity index (χ1) is 8.31. The van der Waals surface area contributed by atoms with Crippen LogP contribution in [0.5, 0.6) is 0 Å². The Bertz CT molecular complexity index is 309. The average molecular weight is 236 g/mol. The number of unbranched alkanes of at least 4 members (excludes halogenated alkanes) is 1. The molecule has 1 fully saturated rings. The lowest BCUT2D eigenvalue weighted by atomic mass is 9.80. The Hall–Kier alpha value is -1.24. The van der Waals surface area contributed by atoms with Crippen molar-refractivity contribution in [2.45, 2.75) is 64.0 Å². The van der Waals surface area contributed by atoms with E-state index in [0.717, 1.165) is 44.9 Å². The van der Waals surface area contributed by atoms with Crippen molar-refractivity contribution in [3.63, 3.8) is 0 Å². The highest BCUT2D eigenvalue weighted by atomic mass is 16.1. The molecule has 0 aromatic heterocycles. The van der Waals surface area contributed by atoms with Crippen LogP contribution in [0.15, 0.2) is 9.98 Å². The fraction of sp³-hybridized carbons (Fsp3) is 0.846. The van der Waals surface area contributed by atoms with Gasteiger partial charge in [-0.3, -0.25) is 0 Å². The minimum absolute atomic E-state index is 0.119. The Morgan fingerprint density at radius 1 is 1.18 bits per heavy atom. The SMILES string of the molecule is CCCCC(N=C=O)C1CCC(N=C=O)CC1. The van der Waals surface area contributed by atoms with Gasteiger partial charge in [-0.05, 0) is 38.0 Å². The molecule has 1 unspecified atom stereocenters. The molecule has 1 saturated carbocycles. The summed E-state index contributed by atoms with van der Waals surface area (Å²) in [4.78, 5) is 28.3. The van der Waals surface area contributed by atoms with E-state index in [9.17, 15) is 9.59 Å². The van der Waals surface area contributed by atoms with Gasteiger partial charge in [0.25, 0.3) is 0 Å². The molecule has 4 heteroatoms. The summed E-state index contributed by atoms with van der Waals surface area (Å²) in [7, 11) is 0. The van der Waals surface area contributed by atoms with E-state index in [0.29, 0.717) is 5.92 Å². The normalized spacial score (nSPS) is 25.5. The van der Waals surface area contributed by atoms with Crippen LogP contribution in [0.2, 0.25) is 0 Å². The van der Waals surface area contributed by atoms with Gasteiger partial charge in [0.1, 0.15) is 0 Å². The van der Waals surface area contributed by atoms with Crippen LogP contribution in [0.3, 0.4) is 0 Å². The maximum Gasteiger partial charge on any atom is 0.235 e. The minimum Gasteiger partial charge on any atom is -0.211 e. The number of nitrogens with zero attached hydrogens (tertiary/aromatic N) is 2. The molecule has 0 N–H and O–H groups in total. The van der Waals surface area contributed by atoms with E-state index in [2.05, 4.69) is 16.9 Å². The van der Waals surface area contributed by atoms with E-state index < -0.39 is 0 Å². The first-order valence-corrected chi connectivity index (χ1v) is 6.45. The zero-order chi connectivity index (χ0) is 12.5. The largest absolute Gasteiger partial charge is 0.235 e. The van der Waals surface area contributed by atoms with Gasteiger partial charge >= 0.3 is 0 Å². The zero-order valence-corrected chi connectivity index (χ0v) is 10.4. The summed E-state index contributed by atoms with van der Waals surface area (Å²) in [6.07, 6.45) is 10.3. The summed E-state index contributed by atoms with van der Waals surface area (Å²) >= 11 is 0. The van der Waals surface area contributed by atoms with Gasteiger partial charge in [0.15, 0.2) is 0 Å². The lowest BCUT2D eigenvalue weighted by Gasteiger charge is -2.29. The molecule has 0 heterocycles. The van der Waals surface area contributed by atoms with Crippen LogP contribution in [0.25, 0.3) is 0 Å². The molecule has 0 bridgehead atoms. The summed E-state index contributed by atoms with van der Waals surface area (Å²) in [5.41, 5.74) is 0. The number of hydrogen-bond acceptors (Lipinski definition) is 4. The minimum atomic E-state index is 0.119. The summed E-state index contributed by atoms with van der Waals surface area (Å²) in [6.45, 7) is 2.14. The van der Waals surface area contributed by atoms with Gasteiger partial charge in [-0.1, -0.05) is 19.8 Å². The maximum atomic E-state index is 10.4. The molecule has 0 saturated heterocycles. The first-order valence-electron chi connectivity index (χ1n) is 6.45. The third-order valence-electron chi connectivity index (χ3n) is 3.59. The Morgan fingerprint density at radius 2 is 1.88 bits per heavy atom. The highest BCUT2D eigenvalue weighted by Crippen LogP contribution is 2.31. The molecule has 0 aliphatic heterocycles. The molecular weight excluding hydrogens is 216 g/mol. The summed E-state index contributed by atoms with van der Waals surface area (Å²) in [5, 5.41) is 0. The number of aliphatic imine (C=N–C) groups is 2. The van der Waals surface area contributed by atoms with Crippen molar-refractivity contribution in [1.82, 2.24) is 0 Å². The van der Waals surface area contributed by atoms with Gasteiger partial charge in [-0.25, -0.2) is 19.6 Å². The van der Waals surface area contributed by atoms with Crippen LogP contribution < -0.4 is 0 Å². The number of carbonyl (C=O) groups excluding carboxylic acids is 2. The van der Waals surface area contributed by atoms with E-state index in [4.69, 9.17) is 0 Å². The molecule has 4 nitrogen and oxygen atoms in total. The quantitative estimate of drug-likeness (QED) is 0.526. The van der Waals surface area contributed by atoms with Crippen molar-refractivity contribution in [2.75, 3.05) is 0 Å². The van der Waals surface area contributed by atoms with Crippen molar-refractivity contribution in [1.29, 1.82) is 0 Å². The molecular formula is C13H20N2O2. The van der Waals surface area contributed by atoms with Gasteiger partial charge in [0.2, 0.25) is 12.2 Å². The lowest BCUT2D eigenvalue weighted by molar-refractivity contribution is 0.273. The second-order valence-corrected chi connectivity index (χ2v) is 4.72. The Morgan fingerprint density at radius 3 is 2.41 bits per heavy atom. The van der Waals surface area contributed by atoms with Crippen molar-refractivity contribution in [2.24, 2.45) is 15.9 Å².